The summed E-state index contributed by atoms with van der Waals surface area (Å²) in [4.78, 5) is 4.61. The standard InChI is InChI=1S/C16H19Cl2NOS/c1-16(2,3)14-9-21-15(19-14)8-11(20)6-10-4-5-12(17)13(18)7-10/h4-5,7,9,11,20H,6,8H2,1-3H3. The molecule has 0 aliphatic heterocycles. The summed E-state index contributed by atoms with van der Waals surface area (Å²) in [5.41, 5.74) is 2.09. The lowest BCUT2D eigenvalue weighted by Gasteiger charge is -2.14. The Morgan fingerprint density at radius 2 is 1.90 bits per heavy atom. The molecule has 0 aliphatic carbocycles. The fraction of sp³-hybridized carbons (Fsp3) is 0.438. The molecule has 2 nitrogen and oxygen atoms in total. The molecule has 0 saturated carbocycles. The highest BCUT2D eigenvalue weighted by Gasteiger charge is 2.18. The van der Waals surface area contributed by atoms with E-state index in [-0.39, 0.29) is 5.41 Å². The molecule has 21 heavy (non-hydrogen) atoms. The number of aliphatic hydroxyl groups is 1. The van der Waals surface area contributed by atoms with Gasteiger partial charge in [-0.1, -0.05) is 50.0 Å². The molecule has 5 heteroatoms. The lowest BCUT2D eigenvalue weighted by atomic mass is 9.93. The van der Waals surface area contributed by atoms with Crippen LogP contribution in [-0.2, 0) is 18.3 Å². The molecule has 0 radical (unpaired) electrons. The third-order valence-electron chi connectivity index (χ3n) is 3.19. The zero-order chi connectivity index (χ0) is 15.6. The van der Waals surface area contributed by atoms with E-state index >= 15 is 0 Å². The van der Waals surface area contributed by atoms with Crippen LogP contribution < -0.4 is 0 Å². The van der Waals surface area contributed by atoms with Crippen LogP contribution in [-0.4, -0.2) is 16.2 Å². The SMILES string of the molecule is CC(C)(C)c1csc(CC(O)Cc2ccc(Cl)c(Cl)c2)n1. The van der Waals surface area contributed by atoms with Gasteiger partial charge in [0.15, 0.2) is 0 Å². The van der Waals surface area contributed by atoms with E-state index in [1.54, 1.807) is 23.5 Å². The van der Waals surface area contributed by atoms with Crippen molar-refractivity contribution in [1.82, 2.24) is 4.98 Å². The first-order valence-electron chi connectivity index (χ1n) is 6.82. The van der Waals surface area contributed by atoms with Gasteiger partial charge in [0, 0.05) is 17.2 Å². The van der Waals surface area contributed by atoms with E-state index in [0.717, 1.165) is 16.3 Å². The van der Waals surface area contributed by atoms with Gasteiger partial charge in [0.25, 0.3) is 0 Å². The minimum Gasteiger partial charge on any atom is -0.392 e. The smallest absolute Gasteiger partial charge is 0.0954 e. The summed E-state index contributed by atoms with van der Waals surface area (Å²) < 4.78 is 0. The summed E-state index contributed by atoms with van der Waals surface area (Å²) in [6.45, 7) is 6.41. The van der Waals surface area contributed by atoms with Crippen LogP contribution in [0.2, 0.25) is 10.0 Å². The molecule has 0 bridgehead atoms. The monoisotopic (exact) mass is 343 g/mol. The van der Waals surface area contributed by atoms with Crippen LogP contribution in [0.1, 0.15) is 37.0 Å². The number of aromatic nitrogens is 1. The Balaban J connectivity index is 1.99. The fourth-order valence-corrected chi connectivity index (χ4v) is 3.38. The highest BCUT2D eigenvalue weighted by atomic mass is 35.5. The lowest BCUT2D eigenvalue weighted by molar-refractivity contribution is 0.175. The van der Waals surface area contributed by atoms with E-state index in [4.69, 9.17) is 23.2 Å². The second kappa shape index (κ2) is 6.66. The Bertz CT molecular complexity index is 619. The largest absolute Gasteiger partial charge is 0.392 e. The molecule has 1 aromatic heterocycles. The van der Waals surface area contributed by atoms with Gasteiger partial charge in [-0.05, 0) is 24.1 Å². The van der Waals surface area contributed by atoms with Crippen molar-refractivity contribution in [1.29, 1.82) is 0 Å². The van der Waals surface area contributed by atoms with E-state index in [1.807, 2.05) is 6.07 Å². The summed E-state index contributed by atoms with van der Waals surface area (Å²) in [6, 6.07) is 5.45. The maximum absolute atomic E-state index is 10.2. The van der Waals surface area contributed by atoms with Crippen LogP contribution in [0, 0.1) is 0 Å². The van der Waals surface area contributed by atoms with E-state index in [2.05, 4.69) is 31.1 Å². The van der Waals surface area contributed by atoms with Crippen molar-refractivity contribution in [2.45, 2.75) is 45.1 Å². The molecular weight excluding hydrogens is 325 g/mol. The molecule has 1 N–H and O–H groups in total. The molecule has 2 rings (SSSR count). The second-order valence-corrected chi connectivity index (χ2v) is 7.94. The molecule has 1 unspecified atom stereocenters. The Hall–Kier alpha value is -0.610. The van der Waals surface area contributed by atoms with Gasteiger partial charge in [0.1, 0.15) is 0 Å². The average Bonchev–Trinajstić information content (AvgIpc) is 2.82. The first-order chi connectivity index (χ1) is 9.75. The van der Waals surface area contributed by atoms with Crippen molar-refractivity contribution >= 4 is 34.5 Å². The first-order valence-corrected chi connectivity index (χ1v) is 8.46. The van der Waals surface area contributed by atoms with Crippen molar-refractivity contribution in [3.05, 3.63) is 49.9 Å². The normalized spacial score (nSPS) is 13.4. The highest BCUT2D eigenvalue weighted by molar-refractivity contribution is 7.09. The first kappa shape index (κ1) is 16.8. The summed E-state index contributed by atoms with van der Waals surface area (Å²) in [5.74, 6) is 0. The number of aliphatic hydroxyl groups excluding tert-OH is 1. The van der Waals surface area contributed by atoms with Crippen LogP contribution in [0.4, 0.5) is 0 Å². The Morgan fingerprint density at radius 3 is 2.48 bits per heavy atom. The van der Waals surface area contributed by atoms with Gasteiger partial charge in [-0.15, -0.1) is 11.3 Å². The van der Waals surface area contributed by atoms with Crippen molar-refractivity contribution in [2.75, 3.05) is 0 Å². The van der Waals surface area contributed by atoms with Gasteiger partial charge in [-0.25, -0.2) is 4.98 Å². The lowest BCUT2D eigenvalue weighted by Crippen LogP contribution is -2.15. The van der Waals surface area contributed by atoms with Crippen molar-refractivity contribution in [2.24, 2.45) is 0 Å². The third kappa shape index (κ3) is 4.68. The second-order valence-electron chi connectivity index (χ2n) is 6.19. The molecule has 0 aliphatic rings. The summed E-state index contributed by atoms with van der Waals surface area (Å²) in [7, 11) is 0. The third-order valence-corrected chi connectivity index (χ3v) is 4.80. The van der Waals surface area contributed by atoms with Crippen molar-refractivity contribution in [3.8, 4) is 0 Å². The van der Waals surface area contributed by atoms with Crippen LogP contribution in [0.25, 0.3) is 0 Å². The van der Waals surface area contributed by atoms with Crippen molar-refractivity contribution in [3.63, 3.8) is 0 Å². The van der Waals surface area contributed by atoms with Gasteiger partial charge < -0.3 is 5.11 Å². The van der Waals surface area contributed by atoms with E-state index < -0.39 is 6.10 Å². The van der Waals surface area contributed by atoms with Crippen molar-refractivity contribution < 1.29 is 5.11 Å². The molecular formula is C16H19Cl2NOS. The van der Waals surface area contributed by atoms with Crippen LogP contribution in [0.5, 0.6) is 0 Å². The summed E-state index contributed by atoms with van der Waals surface area (Å²) >= 11 is 13.5. The minimum absolute atomic E-state index is 0.0450. The average molecular weight is 344 g/mol. The number of hydrogen-bond acceptors (Lipinski definition) is 3. The zero-order valence-corrected chi connectivity index (χ0v) is 14.7. The number of halogens is 2. The predicted molar refractivity (Wildman–Crippen MR) is 90.7 cm³/mol. The molecule has 114 valence electrons. The van der Waals surface area contributed by atoms with E-state index in [1.165, 1.54) is 0 Å². The molecule has 0 saturated heterocycles. The van der Waals surface area contributed by atoms with E-state index in [9.17, 15) is 5.11 Å². The van der Waals surface area contributed by atoms with Gasteiger partial charge in [-0.3, -0.25) is 0 Å². The number of hydrogen-bond donors (Lipinski definition) is 1. The maximum Gasteiger partial charge on any atom is 0.0954 e. The fourth-order valence-electron chi connectivity index (χ4n) is 1.96. The minimum atomic E-state index is -0.471. The Labute approximate surface area is 139 Å². The van der Waals surface area contributed by atoms with Crippen LogP contribution >= 0.6 is 34.5 Å². The summed E-state index contributed by atoms with van der Waals surface area (Å²) in [5, 5.41) is 14.3. The van der Waals surface area contributed by atoms with E-state index in [0.29, 0.717) is 22.9 Å². The maximum atomic E-state index is 10.2. The Morgan fingerprint density at radius 1 is 1.19 bits per heavy atom. The molecule has 1 heterocycles. The number of thiazole rings is 1. The zero-order valence-electron chi connectivity index (χ0n) is 12.4. The Kier molecular flexibility index (Phi) is 5.31. The number of nitrogens with zero attached hydrogens (tertiary/aromatic N) is 1. The molecule has 0 amide bonds. The van der Waals surface area contributed by atoms with Gasteiger partial charge in [0.2, 0.25) is 0 Å². The molecule has 1 aromatic carbocycles. The number of benzene rings is 1. The summed E-state index contributed by atoms with van der Waals surface area (Å²) in [6.07, 6.45) is 0.628. The highest BCUT2D eigenvalue weighted by Crippen LogP contribution is 2.26. The number of rotatable bonds is 4. The molecule has 1 atom stereocenters. The van der Waals surface area contributed by atoms with Crippen LogP contribution in [0.3, 0.4) is 0 Å². The molecule has 2 aromatic rings. The van der Waals surface area contributed by atoms with Gasteiger partial charge in [-0.2, -0.15) is 0 Å². The predicted octanol–water partition coefficient (Wildman–Crippen LogP) is 4.89. The topological polar surface area (TPSA) is 33.1 Å². The quantitative estimate of drug-likeness (QED) is 0.856. The van der Waals surface area contributed by atoms with Crippen LogP contribution in [0.15, 0.2) is 23.6 Å². The van der Waals surface area contributed by atoms with Gasteiger partial charge in [0.05, 0.1) is 26.9 Å². The van der Waals surface area contributed by atoms with Gasteiger partial charge >= 0.3 is 0 Å². The molecule has 0 fully saturated rings. The molecule has 0 spiro atoms.